The van der Waals surface area contributed by atoms with E-state index in [2.05, 4.69) is 140 Å². The van der Waals surface area contributed by atoms with Gasteiger partial charge in [0.1, 0.15) is 11.2 Å². The van der Waals surface area contributed by atoms with Gasteiger partial charge in [-0.15, -0.1) is 0 Å². The summed E-state index contributed by atoms with van der Waals surface area (Å²) in [6, 6.07) is 61.0. The summed E-state index contributed by atoms with van der Waals surface area (Å²) < 4.78 is 6.83. The molecule has 0 unspecified atom stereocenters. The van der Waals surface area contributed by atoms with Crippen molar-refractivity contribution in [3.8, 4) is 56.4 Å². The first kappa shape index (κ1) is 29.0. The van der Waals surface area contributed by atoms with Crippen LogP contribution in [0.2, 0.25) is 0 Å². The zero-order valence-electron chi connectivity index (χ0n) is 27.5. The molecule has 0 aliphatic heterocycles. The van der Waals surface area contributed by atoms with Crippen LogP contribution in [-0.4, -0.2) is 15.0 Å². The molecule has 4 nitrogen and oxygen atoms in total. The van der Waals surface area contributed by atoms with E-state index >= 15 is 0 Å². The van der Waals surface area contributed by atoms with Gasteiger partial charge in [0.25, 0.3) is 0 Å². The topological polar surface area (TPSA) is 51.8 Å². The summed E-state index contributed by atoms with van der Waals surface area (Å²) >= 11 is 0. The van der Waals surface area contributed by atoms with E-state index in [9.17, 15) is 0 Å². The Balaban J connectivity index is 1.22. The highest BCUT2D eigenvalue weighted by Gasteiger charge is 2.21. The zero-order chi connectivity index (χ0) is 33.7. The van der Waals surface area contributed by atoms with Gasteiger partial charge < -0.3 is 4.42 Å². The highest BCUT2D eigenvalue weighted by molar-refractivity contribution is 6.18. The molecule has 0 amide bonds. The third-order valence-electron chi connectivity index (χ3n) is 9.71. The molecule has 0 atom stereocenters. The predicted octanol–water partition coefficient (Wildman–Crippen LogP) is 12.4. The van der Waals surface area contributed by atoms with E-state index < -0.39 is 0 Å². The van der Waals surface area contributed by atoms with Crippen molar-refractivity contribution in [3.63, 3.8) is 0 Å². The van der Waals surface area contributed by atoms with Crippen LogP contribution in [0, 0.1) is 0 Å². The van der Waals surface area contributed by atoms with Crippen LogP contribution in [0.3, 0.4) is 0 Å². The maximum atomic E-state index is 6.83. The van der Waals surface area contributed by atoms with Gasteiger partial charge in [-0.2, -0.15) is 0 Å². The minimum atomic E-state index is 0.594. The van der Waals surface area contributed by atoms with Crippen LogP contribution in [0.4, 0.5) is 0 Å². The lowest BCUT2D eigenvalue weighted by Crippen LogP contribution is -2.00. The fourth-order valence-electron chi connectivity index (χ4n) is 7.12. The average Bonchev–Trinajstić information content (AvgIpc) is 3.58. The van der Waals surface area contributed by atoms with Crippen molar-refractivity contribution in [2.45, 2.75) is 0 Å². The fraction of sp³-hybridized carbons (Fsp3) is 0. The SMILES string of the molecule is c1ccc(-c2ccc(-c3nc(-c4ccccc4)nc(-c4ccc(-c5ccc6ccccc6c5)c5oc6cc7ccccc7cc6c45)n3)cc2)cc1. The first-order valence-electron chi connectivity index (χ1n) is 17.1. The van der Waals surface area contributed by atoms with Crippen LogP contribution in [0.1, 0.15) is 0 Å². The molecule has 0 bridgehead atoms. The number of fused-ring (bicyclic) bond motifs is 5. The number of hydrogen-bond donors (Lipinski definition) is 0. The summed E-state index contributed by atoms with van der Waals surface area (Å²) in [5.41, 5.74) is 8.79. The number of hydrogen-bond acceptors (Lipinski definition) is 4. The van der Waals surface area contributed by atoms with Gasteiger partial charge in [-0.1, -0.05) is 146 Å². The largest absolute Gasteiger partial charge is 0.455 e. The summed E-state index contributed by atoms with van der Waals surface area (Å²) in [6.45, 7) is 0. The fourth-order valence-corrected chi connectivity index (χ4v) is 7.12. The van der Waals surface area contributed by atoms with Crippen LogP contribution in [-0.2, 0) is 0 Å². The summed E-state index contributed by atoms with van der Waals surface area (Å²) in [4.78, 5) is 15.3. The van der Waals surface area contributed by atoms with Gasteiger partial charge in [0.2, 0.25) is 0 Å². The molecule has 0 aliphatic carbocycles. The minimum Gasteiger partial charge on any atom is -0.455 e. The van der Waals surface area contributed by atoms with Crippen molar-refractivity contribution >= 4 is 43.5 Å². The van der Waals surface area contributed by atoms with E-state index in [-0.39, 0.29) is 0 Å². The van der Waals surface area contributed by atoms with Crippen LogP contribution < -0.4 is 0 Å². The number of rotatable bonds is 5. The number of furan rings is 1. The molecule has 4 heteroatoms. The van der Waals surface area contributed by atoms with E-state index in [4.69, 9.17) is 19.4 Å². The first-order chi connectivity index (χ1) is 25.2. The molecule has 2 heterocycles. The molecule has 0 saturated carbocycles. The predicted molar refractivity (Wildman–Crippen MR) is 209 cm³/mol. The van der Waals surface area contributed by atoms with Crippen molar-refractivity contribution in [3.05, 3.63) is 176 Å². The summed E-state index contributed by atoms with van der Waals surface area (Å²) in [5, 5.41) is 6.67. The molecular weight excluding hydrogens is 623 g/mol. The van der Waals surface area contributed by atoms with E-state index in [1.807, 2.05) is 36.4 Å². The summed E-state index contributed by atoms with van der Waals surface area (Å²) in [6.07, 6.45) is 0. The Morgan fingerprint density at radius 1 is 0.333 bits per heavy atom. The number of benzene rings is 8. The molecular formula is C47H29N3O. The second-order valence-corrected chi connectivity index (χ2v) is 12.8. The molecule has 8 aromatic carbocycles. The molecule has 2 aromatic heterocycles. The van der Waals surface area contributed by atoms with Gasteiger partial charge in [0, 0.05) is 33.0 Å². The van der Waals surface area contributed by atoms with Crippen LogP contribution >= 0.6 is 0 Å². The van der Waals surface area contributed by atoms with E-state index in [1.54, 1.807) is 0 Å². The van der Waals surface area contributed by atoms with Gasteiger partial charge in [0.15, 0.2) is 17.5 Å². The Labute approximate surface area is 294 Å². The van der Waals surface area contributed by atoms with Crippen molar-refractivity contribution in [2.24, 2.45) is 0 Å². The Morgan fingerprint density at radius 2 is 0.824 bits per heavy atom. The van der Waals surface area contributed by atoms with Crippen molar-refractivity contribution < 1.29 is 4.42 Å². The molecule has 10 aromatic rings. The second kappa shape index (κ2) is 11.9. The summed E-state index contributed by atoms with van der Waals surface area (Å²) in [7, 11) is 0. The van der Waals surface area contributed by atoms with Crippen molar-refractivity contribution in [1.82, 2.24) is 15.0 Å². The minimum absolute atomic E-state index is 0.594. The number of aromatic nitrogens is 3. The van der Waals surface area contributed by atoms with Crippen LogP contribution in [0.25, 0.3) is 99.9 Å². The molecule has 238 valence electrons. The molecule has 0 N–H and O–H groups in total. The van der Waals surface area contributed by atoms with E-state index in [0.29, 0.717) is 17.5 Å². The first-order valence-corrected chi connectivity index (χ1v) is 17.1. The van der Waals surface area contributed by atoms with Gasteiger partial charge in [-0.25, -0.2) is 15.0 Å². The highest BCUT2D eigenvalue weighted by Crippen LogP contribution is 2.43. The second-order valence-electron chi connectivity index (χ2n) is 12.8. The van der Waals surface area contributed by atoms with E-state index in [0.717, 1.165) is 66.1 Å². The van der Waals surface area contributed by atoms with Gasteiger partial charge in [0.05, 0.1) is 0 Å². The maximum Gasteiger partial charge on any atom is 0.164 e. The van der Waals surface area contributed by atoms with Crippen LogP contribution in [0.5, 0.6) is 0 Å². The van der Waals surface area contributed by atoms with Crippen molar-refractivity contribution in [1.29, 1.82) is 0 Å². The average molecular weight is 652 g/mol. The normalized spacial score (nSPS) is 11.5. The Bertz CT molecular complexity index is 2900. The van der Waals surface area contributed by atoms with Crippen LogP contribution in [0.15, 0.2) is 180 Å². The number of nitrogens with zero attached hydrogens (tertiary/aromatic N) is 3. The maximum absolute atomic E-state index is 6.83. The zero-order valence-corrected chi connectivity index (χ0v) is 27.5. The Hall–Kier alpha value is -6.91. The molecule has 0 radical (unpaired) electrons. The molecule has 51 heavy (non-hydrogen) atoms. The highest BCUT2D eigenvalue weighted by atomic mass is 16.3. The molecule has 0 saturated heterocycles. The summed E-state index contributed by atoms with van der Waals surface area (Å²) in [5.74, 6) is 1.83. The Kier molecular flexibility index (Phi) is 6.78. The standard InChI is InChI=1S/C47H29N3O/c1-3-11-30(12-4-1)32-19-22-34(23-20-32)46-48-45(33-14-5-2-6-15-33)49-47(50-46)40-26-25-39(38-24-21-31-13-7-8-16-35(31)27-38)44-43(40)41-28-36-17-9-10-18-37(36)29-42(41)51-44/h1-29H. The Morgan fingerprint density at radius 3 is 1.53 bits per heavy atom. The van der Waals surface area contributed by atoms with Gasteiger partial charge >= 0.3 is 0 Å². The monoisotopic (exact) mass is 651 g/mol. The van der Waals surface area contributed by atoms with E-state index in [1.165, 1.54) is 16.3 Å². The third kappa shape index (κ3) is 5.13. The molecule has 10 rings (SSSR count). The van der Waals surface area contributed by atoms with Crippen molar-refractivity contribution in [2.75, 3.05) is 0 Å². The van der Waals surface area contributed by atoms with Gasteiger partial charge in [-0.3, -0.25) is 0 Å². The molecule has 0 spiro atoms. The molecule has 0 fully saturated rings. The lowest BCUT2D eigenvalue weighted by molar-refractivity contribution is 0.670. The lowest BCUT2D eigenvalue weighted by atomic mass is 9.96. The smallest absolute Gasteiger partial charge is 0.164 e. The lowest BCUT2D eigenvalue weighted by Gasteiger charge is -2.11. The quantitative estimate of drug-likeness (QED) is 0.186. The molecule has 0 aliphatic rings. The third-order valence-corrected chi connectivity index (χ3v) is 9.71. The van der Waals surface area contributed by atoms with Gasteiger partial charge in [-0.05, 0) is 68.6 Å².